The van der Waals surface area contributed by atoms with Crippen molar-refractivity contribution in [3.8, 4) is 0 Å². The van der Waals surface area contributed by atoms with E-state index in [2.05, 4.69) is 5.32 Å². The average molecular weight is 263 g/mol. The van der Waals surface area contributed by atoms with Crippen molar-refractivity contribution in [2.45, 2.75) is 39.7 Å². The number of amides is 1. The number of aliphatic hydroxyl groups is 1. The highest BCUT2D eigenvalue weighted by Gasteiger charge is 2.14. The minimum atomic E-state index is -0.311. The van der Waals surface area contributed by atoms with Gasteiger partial charge in [0.1, 0.15) is 0 Å². The molecule has 0 aliphatic rings. The van der Waals surface area contributed by atoms with Gasteiger partial charge in [-0.15, -0.1) is 0 Å². The van der Waals surface area contributed by atoms with Crippen molar-refractivity contribution in [1.82, 2.24) is 5.32 Å². The molecular formula is C16H25NO2. The number of hydrogen-bond acceptors (Lipinski definition) is 2. The molecule has 2 N–H and O–H groups in total. The average Bonchev–Trinajstić information content (AvgIpc) is 2.36. The highest BCUT2D eigenvalue weighted by molar-refractivity contribution is 5.78. The molecule has 0 saturated heterocycles. The summed E-state index contributed by atoms with van der Waals surface area (Å²) in [5, 5.41) is 12.2. The van der Waals surface area contributed by atoms with Gasteiger partial charge in [-0.2, -0.15) is 0 Å². The topological polar surface area (TPSA) is 49.3 Å². The van der Waals surface area contributed by atoms with Gasteiger partial charge in [-0.1, -0.05) is 44.2 Å². The molecule has 3 atom stereocenters. The van der Waals surface area contributed by atoms with Crippen LogP contribution in [0.1, 0.15) is 32.8 Å². The van der Waals surface area contributed by atoms with Crippen molar-refractivity contribution >= 4 is 5.91 Å². The van der Waals surface area contributed by atoms with Gasteiger partial charge in [-0.25, -0.2) is 0 Å². The number of rotatable bonds is 7. The quantitative estimate of drug-likeness (QED) is 0.793. The predicted molar refractivity (Wildman–Crippen MR) is 77.8 cm³/mol. The van der Waals surface area contributed by atoms with Crippen LogP contribution in [0.15, 0.2) is 30.3 Å². The van der Waals surface area contributed by atoms with Crippen molar-refractivity contribution in [3.05, 3.63) is 35.9 Å². The van der Waals surface area contributed by atoms with Crippen LogP contribution in [0.4, 0.5) is 0 Å². The fourth-order valence-electron chi connectivity index (χ4n) is 2.18. The summed E-state index contributed by atoms with van der Waals surface area (Å²) in [6.07, 6.45) is 1.17. The van der Waals surface area contributed by atoms with E-state index in [1.54, 1.807) is 6.92 Å². The van der Waals surface area contributed by atoms with Crippen molar-refractivity contribution in [2.24, 2.45) is 11.8 Å². The smallest absolute Gasteiger partial charge is 0.223 e. The molecule has 1 aromatic rings. The largest absolute Gasteiger partial charge is 0.393 e. The molecule has 3 heteroatoms. The highest BCUT2D eigenvalue weighted by atomic mass is 16.3. The number of carbonyl (C=O) groups excluding carboxylic acids is 1. The SMILES string of the molecule is CC(O)CC(C)CNC(=O)C(C)Cc1ccccc1. The van der Waals surface area contributed by atoms with Crippen molar-refractivity contribution in [3.63, 3.8) is 0 Å². The minimum Gasteiger partial charge on any atom is -0.393 e. The summed E-state index contributed by atoms with van der Waals surface area (Å²) in [5.41, 5.74) is 1.18. The normalized spacial score (nSPS) is 15.6. The van der Waals surface area contributed by atoms with Gasteiger partial charge in [0, 0.05) is 12.5 Å². The minimum absolute atomic E-state index is 0.0267. The Hall–Kier alpha value is -1.35. The van der Waals surface area contributed by atoms with E-state index in [0.717, 1.165) is 6.42 Å². The molecule has 0 saturated carbocycles. The second-order valence-electron chi connectivity index (χ2n) is 5.53. The van der Waals surface area contributed by atoms with E-state index in [0.29, 0.717) is 18.9 Å². The summed E-state index contributed by atoms with van der Waals surface area (Å²) in [7, 11) is 0. The standard InChI is InChI=1S/C16H25NO2/c1-12(9-14(3)18)11-17-16(19)13(2)10-15-7-5-4-6-8-15/h4-8,12-14,18H,9-11H2,1-3H3,(H,17,19). The van der Waals surface area contributed by atoms with Crippen LogP contribution in [0.5, 0.6) is 0 Å². The molecular weight excluding hydrogens is 238 g/mol. The zero-order valence-electron chi connectivity index (χ0n) is 12.1. The van der Waals surface area contributed by atoms with E-state index in [1.807, 2.05) is 44.2 Å². The molecule has 0 heterocycles. The summed E-state index contributed by atoms with van der Waals surface area (Å²) in [5.74, 6) is 0.357. The van der Waals surface area contributed by atoms with Gasteiger partial charge < -0.3 is 10.4 Å². The maximum atomic E-state index is 12.0. The molecule has 1 rings (SSSR count). The lowest BCUT2D eigenvalue weighted by molar-refractivity contribution is -0.124. The molecule has 3 nitrogen and oxygen atoms in total. The molecule has 0 aliphatic carbocycles. The molecule has 0 aromatic heterocycles. The van der Waals surface area contributed by atoms with Gasteiger partial charge in [0.15, 0.2) is 0 Å². The lowest BCUT2D eigenvalue weighted by atomic mass is 9.99. The summed E-state index contributed by atoms with van der Waals surface area (Å²) in [6, 6.07) is 10.0. The third kappa shape index (κ3) is 6.39. The number of hydrogen-bond donors (Lipinski definition) is 2. The highest BCUT2D eigenvalue weighted by Crippen LogP contribution is 2.09. The van der Waals surface area contributed by atoms with E-state index in [1.165, 1.54) is 5.56 Å². The maximum Gasteiger partial charge on any atom is 0.223 e. The van der Waals surface area contributed by atoms with Crippen molar-refractivity contribution < 1.29 is 9.90 Å². The van der Waals surface area contributed by atoms with Crippen LogP contribution in [0, 0.1) is 11.8 Å². The summed E-state index contributed by atoms with van der Waals surface area (Å²) in [6.45, 7) is 6.38. The summed E-state index contributed by atoms with van der Waals surface area (Å²) < 4.78 is 0. The molecule has 3 unspecified atom stereocenters. The Morgan fingerprint density at radius 2 is 1.84 bits per heavy atom. The van der Waals surface area contributed by atoms with Crippen LogP contribution in [-0.4, -0.2) is 23.7 Å². The lowest BCUT2D eigenvalue weighted by Crippen LogP contribution is -2.34. The molecule has 0 fully saturated rings. The van der Waals surface area contributed by atoms with Gasteiger partial charge in [-0.3, -0.25) is 4.79 Å². The Morgan fingerprint density at radius 3 is 2.42 bits per heavy atom. The Balaban J connectivity index is 2.33. The molecule has 0 spiro atoms. The number of nitrogens with one attached hydrogen (secondary N) is 1. The molecule has 1 amide bonds. The van der Waals surface area contributed by atoms with Crippen LogP contribution in [-0.2, 0) is 11.2 Å². The van der Waals surface area contributed by atoms with Gasteiger partial charge in [-0.05, 0) is 31.2 Å². The first kappa shape index (κ1) is 15.7. The van der Waals surface area contributed by atoms with E-state index >= 15 is 0 Å². The first-order chi connectivity index (χ1) is 8.99. The second kappa shape index (κ2) is 7.95. The van der Waals surface area contributed by atoms with Crippen molar-refractivity contribution in [2.75, 3.05) is 6.54 Å². The first-order valence-electron chi connectivity index (χ1n) is 6.98. The van der Waals surface area contributed by atoms with Crippen LogP contribution < -0.4 is 5.32 Å². The first-order valence-corrected chi connectivity index (χ1v) is 6.98. The molecule has 0 aliphatic heterocycles. The number of carbonyl (C=O) groups is 1. The van der Waals surface area contributed by atoms with Crippen molar-refractivity contribution in [1.29, 1.82) is 0 Å². The van der Waals surface area contributed by atoms with E-state index in [4.69, 9.17) is 0 Å². The third-order valence-corrected chi connectivity index (χ3v) is 3.20. The van der Waals surface area contributed by atoms with Gasteiger partial charge in [0.05, 0.1) is 6.10 Å². The predicted octanol–water partition coefficient (Wildman–Crippen LogP) is 2.39. The maximum absolute atomic E-state index is 12.0. The van der Waals surface area contributed by atoms with Crippen LogP contribution in [0.2, 0.25) is 0 Å². The zero-order valence-corrected chi connectivity index (χ0v) is 12.1. The van der Waals surface area contributed by atoms with E-state index in [9.17, 15) is 9.90 Å². The fourth-order valence-corrected chi connectivity index (χ4v) is 2.18. The Bertz CT molecular complexity index is 376. The Kier molecular flexibility index (Phi) is 6.57. The monoisotopic (exact) mass is 263 g/mol. The number of aliphatic hydroxyl groups excluding tert-OH is 1. The van der Waals surface area contributed by atoms with Crippen LogP contribution >= 0.6 is 0 Å². The summed E-state index contributed by atoms with van der Waals surface area (Å²) in [4.78, 5) is 12.0. The molecule has 0 bridgehead atoms. The zero-order chi connectivity index (χ0) is 14.3. The fraction of sp³-hybridized carbons (Fsp3) is 0.562. The third-order valence-electron chi connectivity index (χ3n) is 3.20. The van der Waals surface area contributed by atoms with Gasteiger partial charge in [0.2, 0.25) is 5.91 Å². The van der Waals surface area contributed by atoms with E-state index < -0.39 is 0 Å². The number of benzene rings is 1. The molecule has 1 aromatic carbocycles. The molecule has 0 radical (unpaired) electrons. The molecule has 19 heavy (non-hydrogen) atoms. The lowest BCUT2D eigenvalue weighted by Gasteiger charge is -2.17. The van der Waals surface area contributed by atoms with Crippen LogP contribution in [0.25, 0.3) is 0 Å². The summed E-state index contributed by atoms with van der Waals surface area (Å²) >= 11 is 0. The van der Waals surface area contributed by atoms with E-state index in [-0.39, 0.29) is 17.9 Å². The Labute approximate surface area is 116 Å². The van der Waals surface area contributed by atoms with Crippen LogP contribution in [0.3, 0.4) is 0 Å². The Morgan fingerprint density at radius 1 is 1.21 bits per heavy atom. The van der Waals surface area contributed by atoms with Gasteiger partial charge in [0.25, 0.3) is 0 Å². The second-order valence-corrected chi connectivity index (χ2v) is 5.53. The molecule has 106 valence electrons. The van der Waals surface area contributed by atoms with Gasteiger partial charge >= 0.3 is 0 Å².